The quantitative estimate of drug-likeness (QED) is 0.720. The molecule has 1 N–H and O–H groups in total. The van der Waals surface area contributed by atoms with Gasteiger partial charge in [0, 0.05) is 50.0 Å². The summed E-state index contributed by atoms with van der Waals surface area (Å²) < 4.78 is 0. The van der Waals surface area contributed by atoms with Crippen molar-refractivity contribution in [2.45, 2.75) is 25.8 Å². The Labute approximate surface area is 191 Å². The van der Waals surface area contributed by atoms with E-state index >= 15 is 0 Å². The number of piperazine rings is 1. The Morgan fingerprint density at radius 3 is 2.26 bits per heavy atom. The number of hydrogen-bond acceptors (Lipinski definition) is 3. The van der Waals surface area contributed by atoms with Gasteiger partial charge in [-0.15, -0.1) is 0 Å². The molecule has 2 heterocycles. The normalized spacial score (nSPS) is 18.2. The van der Waals surface area contributed by atoms with Gasteiger partial charge in [0.25, 0.3) is 0 Å². The minimum Gasteiger partial charge on any atom is -0.368 e. The zero-order valence-corrected chi connectivity index (χ0v) is 18.9. The van der Waals surface area contributed by atoms with Gasteiger partial charge in [-0.2, -0.15) is 0 Å². The van der Waals surface area contributed by atoms with Crippen molar-refractivity contribution >= 4 is 23.3 Å². The molecule has 2 aliphatic heterocycles. The molecule has 6 heteroatoms. The summed E-state index contributed by atoms with van der Waals surface area (Å²) in [4.78, 5) is 19.3. The van der Waals surface area contributed by atoms with Gasteiger partial charge < -0.3 is 15.1 Å². The third-order valence-corrected chi connectivity index (χ3v) is 6.80. The van der Waals surface area contributed by atoms with E-state index in [1.165, 1.54) is 24.1 Å². The summed E-state index contributed by atoms with van der Waals surface area (Å²) in [5.41, 5.74) is 2.56. The van der Waals surface area contributed by atoms with Gasteiger partial charge in [0.2, 0.25) is 0 Å². The highest BCUT2D eigenvalue weighted by Crippen LogP contribution is 2.22. The minimum absolute atomic E-state index is 0.0808. The van der Waals surface area contributed by atoms with Crippen LogP contribution in [-0.4, -0.2) is 61.6 Å². The number of rotatable bonds is 6. The lowest BCUT2D eigenvalue weighted by atomic mass is 9.93. The summed E-state index contributed by atoms with van der Waals surface area (Å²) in [6.07, 6.45) is 3.53. The van der Waals surface area contributed by atoms with Crippen molar-refractivity contribution in [1.82, 2.24) is 15.1 Å². The molecule has 0 unspecified atom stereocenters. The molecule has 2 aliphatic rings. The number of amides is 2. The average molecular weight is 441 g/mol. The van der Waals surface area contributed by atoms with Crippen LogP contribution >= 0.6 is 11.6 Å². The van der Waals surface area contributed by atoms with E-state index < -0.39 is 0 Å². The SMILES string of the molecule is O=C(NCCC1CCN(Cc2ccccc2)CC1)N1CCN(c2ccc(Cl)cc2)CC1. The molecule has 2 amide bonds. The number of urea groups is 1. The van der Waals surface area contributed by atoms with E-state index in [2.05, 4.69) is 45.4 Å². The van der Waals surface area contributed by atoms with Crippen molar-refractivity contribution in [2.24, 2.45) is 5.92 Å². The highest BCUT2D eigenvalue weighted by molar-refractivity contribution is 6.30. The van der Waals surface area contributed by atoms with Crippen molar-refractivity contribution < 1.29 is 4.79 Å². The molecule has 2 aromatic rings. The Hall–Kier alpha value is -2.24. The Morgan fingerprint density at radius 2 is 1.58 bits per heavy atom. The number of likely N-dealkylation sites (tertiary alicyclic amines) is 1. The molecule has 0 aliphatic carbocycles. The number of carbonyl (C=O) groups is 1. The van der Waals surface area contributed by atoms with Crippen LogP contribution in [0.5, 0.6) is 0 Å². The van der Waals surface area contributed by atoms with Crippen LogP contribution < -0.4 is 10.2 Å². The fourth-order valence-corrected chi connectivity index (χ4v) is 4.72. The van der Waals surface area contributed by atoms with Crippen LogP contribution in [0.2, 0.25) is 5.02 Å². The topological polar surface area (TPSA) is 38.8 Å². The fraction of sp³-hybridized carbons (Fsp3) is 0.480. The zero-order chi connectivity index (χ0) is 21.5. The van der Waals surface area contributed by atoms with Gasteiger partial charge in [0.1, 0.15) is 0 Å². The van der Waals surface area contributed by atoms with Crippen LogP contribution in [0.3, 0.4) is 0 Å². The second kappa shape index (κ2) is 10.9. The number of piperidine rings is 1. The maximum absolute atomic E-state index is 12.6. The number of nitrogens with zero attached hydrogens (tertiary/aromatic N) is 3. The summed E-state index contributed by atoms with van der Waals surface area (Å²) in [6.45, 7) is 7.36. The number of halogens is 1. The van der Waals surface area contributed by atoms with Gasteiger partial charge in [-0.1, -0.05) is 41.9 Å². The van der Waals surface area contributed by atoms with Crippen molar-refractivity contribution in [3.8, 4) is 0 Å². The molecule has 4 rings (SSSR count). The first kappa shape index (κ1) is 22.0. The predicted octanol–water partition coefficient (Wildman–Crippen LogP) is 4.47. The summed E-state index contributed by atoms with van der Waals surface area (Å²) in [5, 5.41) is 3.90. The molecule has 0 saturated carbocycles. The van der Waals surface area contributed by atoms with Crippen LogP contribution in [-0.2, 0) is 6.54 Å². The van der Waals surface area contributed by atoms with Gasteiger partial charge in [-0.3, -0.25) is 4.90 Å². The zero-order valence-electron chi connectivity index (χ0n) is 18.2. The largest absolute Gasteiger partial charge is 0.368 e. The second-order valence-corrected chi connectivity index (χ2v) is 9.11. The summed E-state index contributed by atoms with van der Waals surface area (Å²) in [5.74, 6) is 0.717. The number of anilines is 1. The maximum atomic E-state index is 12.6. The molecule has 0 atom stereocenters. The molecule has 0 bridgehead atoms. The first-order valence-electron chi connectivity index (χ1n) is 11.5. The molecule has 31 heavy (non-hydrogen) atoms. The van der Waals surface area contributed by atoms with E-state index in [1.807, 2.05) is 29.2 Å². The van der Waals surface area contributed by atoms with Crippen molar-refractivity contribution in [2.75, 3.05) is 50.7 Å². The number of hydrogen-bond donors (Lipinski definition) is 1. The summed E-state index contributed by atoms with van der Waals surface area (Å²) >= 11 is 5.98. The van der Waals surface area contributed by atoms with Gasteiger partial charge in [-0.05, 0) is 68.1 Å². The molecule has 2 aromatic carbocycles. The lowest BCUT2D eigenvalue weighted by molar-refractivity contribution is 0.169. The third-order valence-electron chi connectivity index (χ3n) is 6.54. The van der Waals surface area contributed by atoms with Crippen LogP contribution in [0.25, 0.3) is 0 Å². The maximum Gasteiger partial charge on any atom is 0.317 e. The van der Waals surface area contributed by atoms with E-state index in [4.69, 9.17) is 11.6 Å². The first-order chi connectivity index (χ1) is 15.2. The Kier molecular flexibility index (Phi) is 7.71. The van der Waals surface area contributed by atoms with Crippen LogP contribution in [0.1, 0.15) is 24.8 Å². The van der Waals surface area contributed by atoms with Gasteiger partial charge in [0.15, 0.2) is 0 Å². The van der Waals surface area contributed by atoms with Crippen molar-refractivity contribution in [1.29, 1.82) is 0 Å². The molecule has 0 spiro atoms. The molecule has 166 valence electrons. The lowest BCUT2D eigenvalue weighted by Gasteiger charge is -2.36. The second-order valence-electron chi connectivity index (χ2n) is 8.68. The highest BCUT2D eigenvalue weighted by Gasteiger charge is 2.22. The van der Waals surface area contributed by atoms with Crippen molar-refractivity contribution in [3.05, 3.63) is 65.2 Å². The average Bonchev–Trinajstić information content (AvgIpc) is 2.81. The van der Waals surface area contributed by atoms with E-state index in [0.717, 1.165) is 63.8 Å². The summed E-state index contributed by atoms with van der Waals surface area (Å²) in [6, 6.07) is 18.7. The van der Waals surface area contributed by atoms with Gasteiger partial charge in [0.05, 0.1) is 0 Å². The minimum atomic E-state index is 0.0808. The number of benzene rings is 2. The Bertz CT molecular complexity index is 813. The smallest absolute Gasteiger partial charge is 0.317 e. The molecule has 0 aromatic heterocycles. The van der Waals surface area contributed by atoms with Gasteiger partial charge in [-0.25, -0.2) is 4.79 Å². The van der Waals surface area contributed by atoms with E-state index in [1.54, 1.807) is 0 Å². The molecule has 2 fully saturated rings. The molecule has 0 radical (unpaired) electrons. The monoisotopic (exact) mass is 440 g/mol. The molecule has 2 saturated heterocycles. The first-order valence-corrected chi connectivity index (χ1v) is 11.8. The summed E-state index contributed by atoms with van der Waals surface area (Å²) in [7, 11) is 0. The predicted molar refractivity (Wildman–Crippen MR) is 128 cm³/mol. The number of nitrogens with one attached hydrogen (secondary N) is 1. The van der Waals surface area contributed by atoms with Crippen molar-refractivity contribution in [3.63, 3.8) is 0 Å². The van der Waals surface area contributed by atoms with E-state index in [-0.39, 0.29) is 6.03 Å². The van der Waals surface area contributed by atoms with Crippen LogP contribution in [0, 0.1) is 5.92 Å². The lowest BCUT2D eigenvalue weighted by Crippen LogP contribution is -2.52. The van der Waals surface area contributed by atoms with E-state index in [9.17, 15) is 4.79 Å². The molecular weight excluding hydrogens is 408 g/mol. The standard InChI is InChI=1S/C25H33ClN4O/c26-23-6-8-24(9-7-23)29-16-18-30(19-17-29)25(31)27-13-10-21-11-14-28(15-12-21)20-22-4-2-1-3-5-22/h1-9,21H,10-20H2,(H,27,31). The van der Waals surface area contributed by atoms with E-state index in [0.29, 0.717) is 5.92 Å². The third kappa shape index (κ3) is 6.37. The molecule has 5 nitrogen and oxygen atoms in total. The number of carbonyl (C=O) groups excluding carboxylic acids is 1. The fourth-order valence-electron chi connectivity index (χ4n) is 4.59. The van der Waals surface area contributed by atoms with Gasteiger partial charge >= 0.3 is 6.03 Å². The highest BCUT2D eigenvalue weighted by atomic mass is 35.5. The molecular formula is C25H33ClN4O. The van der Waals surface area contributed by atoms with Crippen LogP contribution in [0.4, 0.5) is 10.5 Å². The Morgan fingerprint density at radius 1 is 0.903 bits per heavy atom. The Balaban J connectivity index is 1.11. The van der Waals surface area contributed by atoms with Crippen LogP contribution in [0.15, 0.2) is 54.6 Å².